The Kier molecular flexibility index (Phi) is 5.68. The van der Waals surface area contributed by atoms with Crippen molar-refractivity contribution in [2.75, 3.05) is 18.9 Å². The molecule has 0 aromatic heterocycles. The van der Waals surface area contributed by atoms with Crippen molar-refractivity contribution in [3.05, 3.63) is 28.3 Å². The van der Waals surface area contributed by atoms with Gasteiger partial charge in [-0.3, -0.25) is 10.1 Å². The van der Waals surface area contributed by atoms with E-state index in [1.165, 1.54) is 29.6 Å². The molecule has 1 aromatic carbocycles. The van der Waals surface area contributed by atoms with Gasteiger partial charge in [0.1, 0.15) is 4.90 Å². The van der Waals surface area contributed by atoms with Gasteiger partial charge in [-0.2, -0.15) is 4.31 Å². The summed E-state index contributed by atoms with van der Waals surface area (Å²) >= 11 is 0. The highest BCUT2D eigenvalue weighted by atomic mass is 32.2. The zero-order chi connectivity index (χ0) is 16.2. The summed E-state index contributed by atoms with van der Waals surface area (Å²) in [6, 6.07) is 3.54. The van der Waals surface area contributed by atoms with Crippen LogP contribution in [0.1, 0.15) is 27.2 Å². The zero-order valence-electron chi connectivity index (χ0n) is 12.7. The van der Waals surface area contributed by atoms with E-state index in [0.717, 1.165) is 0 Å². The van der Waals surface area contributed by atoms with Crippen molar-refractivity contribution in [3.8, 4) is 0 Å². The summed E-state index contributed by atoms with van der Waals surface area (Å²) in [6.07, 6.45) is 0.694. The maximum absolute atomic E-state index is 12.7. The van der Waals surface area contributed by atoms with E-state index in [0.29, 0.717) is 13.0 Å². The Hall–Kier alpha value is -1.67. The lowest BCUT2D eigenvalue weighted by Crippen LogP contribution is -2.37. The molecule has 0 radical (unpaired) electrons. The molecule has 0 aliphatic rings. The van der Waals surface area contributed by atoms with Crippen LogP contribution in [0.2, 0.25) is 0 Å². The van der Waals surface area contributed by atoms with Crippen molar-refractivity contribution in [3.63, 3.8) is 0 Å². The van der Waals surface area contributed by atoms with Gasteiger partial charge < -0.3 is 5.32 Å². The number of non-ortho nitro benzene ring substituents is 1. The quantitative estimate of drug-likeness (QED) is 0.616. The lowest BCUT2D eigenvalue weighted by molar-refractivity contribution is -0.384. The first-order valence-electron chi connectivity index (χ1n) is 6.73. The summed E-state index contributed by atoms with van der Waals surface area (Å²) in [4.78, 5) is 10.3. The molecule has 0 aliphatic heterocycles. The molecule has 118 valence electrons. The molecule has 1 aromatic rings. The summed E-state index contributed by atoms with van der Waals surface area (Å²) in [5.41, 5.74) is 0.0795. The minimum absolute atomic E-state index is 0.0535. The second-order valence-corrected chi connectivity index (χ2v) is 6.76. The number of hydrogen-bond acceptors (Lipinski definition) is 5. The molecule has 0 atom stereocenters. The average Bonchev–Trinajstić information content (AvgIpc) is 2.43. The molecule has 0 fully saturated rings. The third-order valence-corrected chi connectivity index (χ3v) is 5.18. The first kappa shape index (κ1) is 17.4. The van der Waals surface area contributed by atoms with Crippen molar-refractivity contribution in [2.24, 2.45) is 0 Å². The molecular weight excluding hydrogens is 294 g/mol. The predicted octanol–water partition coefficient (Wildman–Crippen LogP) is 2.45. The van der Waals surface area contributed by atoms with E-state index in [-0.39, 0.29) is 22.3 Å². The van der Waals surface area contributed by atoms with Crippen LogP contribution in [-0.4, -0.2) is 37.3 Å². The molecule has 0 bridgehead atoms. The first-order chi connectivity index (χ1) is 9.75. The molecule has 21 heavy (non-hydrogen) atoms. The van der Waals surface area contributed by atoms with Gasteiger partial charge in [0.25, 0.3) is 5.69 Å². The molecule has 0 unspecified atom stereocenters. The Morgan fingerprint density at radius 3 is 2.43 bits per heavy atom. The van der Waals surface area contributed by atoms with Gasteiger partial charge in [0.15, 0.2) is 0 Å². The van der Waals surface area contributed by atoms with E-state index in [1.54, 1.807) is 13.8 Å². The van der Waals surface area contributed by atoms with Gasteiger partial charge in [-0.25, -0.2) is 8.42 Å². The van der Waals surface area contributed by atoms with E-state index < -0.39 is 14.9 Å². The number of nitro groups is 1. The average molecular weight is 315 g/mol. The van der Waals surface area contributed by atoms with E-state index in [4.69, 9.17) is 0 Å². The van der Waals surface area contributed by atoms with E-state index in [1.807, 2.05) is 6.92 Å². The highest BCUT2D eigenvalue weighted by Gasteiger charge is 2.29. The van der Waals surface area contributed by atoms with Crippen molar-refractivity contribution in [1.82, 2.24) is 4.31 Å². The Morgan fingerprint density at radius 1 is 1.38 bits per heavy atom. The molecule has 8 heteroatoms. The molecule has 1 N–H and O–H groups in total. The van der Waals surface area contributed by atoms with Crippen LogP contribution in [0.3, 0.4) is 0 Å². The molecule has 0 saturated carbocycles. The lowest BCUT2D eigenvalue weighted by Gasteiger charge is -2.26. The number of benzene rings is 1. The molecule has 0 amide bonds. The monoisotopic (exact) mass is 315 g/mol. The van der Waals surface area contributed by atoms with Crippen LogP contribution in [0.25, 0.3) is 0 Å². The van der Waals surface area contributed by atoms with Crippen molar-refractivity contribution in [2.45, 2.75) is 38.1 Å². The van der Waals surface area contributed by atoms with Crippen LogP contribution < -0.4 is 5.32 Å². The highest BCUT2D eigenvalue weighted by Crippen LogP contribution is 2.29. The van der Waals surface area contributed by atoms with Crippen molar-refractivity contribution < 1.29 is 13.3 Å². The smallest absolute Gasteiger partial charge is 0.271 e. The van der Waals surface area contributed by atoms with E-state index >= 15 is 0 Å². The number of nitro benzene ring substituents is 1. The van der Waals surface area contributed by atoms with Crippen LogP contribution in [0.4, 0.5) is 11.4 Å². The molecule has 1 rings (SSSR count). The molecule has 7 nitrogen and oxygen atoms in total. The van der Waals surface area contributed by atoms with Gasteiger partial charge in [0.2, 0.25) is 10.0 Å². The van der Waals surface area contributed by atoms with E-state index in [2.05, 4.69) is 5.32 Å². The zero-order valence-corrected chi connectivity index (χ0v) is 13.5. The number of sulfonamides is 1. The number of nitrogens with one attached hydrogen (secondary N) is 1. The maximum atomic E-state index is 12.7. The summed E-state index contributed by atoms with van der Waals surface area (Å²) in [5, 5.41) is 13.5. The van der Waals surface area contributed by atoms with Gasteiger partial charge in [-0.05, 0) is 26.3 Å². The Balaban J connectivity index is 3.39. The number of rotatable bonds is 7. The Morgan fingerprint density at radius 2 is 2.00 bits per heavy atom. The van der Waals surface area contributed by atoms with Crippen LogP contribution >= 0.6 is 0 Å². The minimum atomic E-state index is -3.70. The van der Waals surface area contributed by atoms with Gasteiger partial charge in [0, 0.05) is 31.8 Å². The number of anilines is 1. The SMILES string of the molecule is CCCN(C(C)C)S(=O)(=O)c1ccc([N+](=O)[O-])cc1NC. The standard InChI is InChI=1S/C13H21N3O4S/c1-5-8-15(10(2)3)21(19,20)13-7-6-11(16(17)18)9-12(13)14-4/h6-7,9-10,14H,5,8H2,1-4H3. The summed E-state index contributed by atoms with van der Waals surface area (Å²) in [6.45, 7) is 5.91. The summed E-state index contributed by atoms with van der Waals surface area (Å²) in [7, 11) is -2.16. The molecule has 0 spiro atoms. The fourth-order valence-electron chi connectivity index (χ4n) is 2.05. The van der Waals surface area contributed by atoms with Gasteiger partial charge in [-0.1, -0.05) is 6.92 Å². The third-order valence-electron chi connectivity index (χ3n) is 3.05. The van der Waals surface area contributed by atoms with Crippen LogP contribution in [0.15, 0.2) is 23.1 Å². The molecule has 0 heterocycles. The van der Waals surface area contributed by atoms with Crippen molar-refractivity contribution in [1.29, 1.82) is 0 Å². The first-order valence-corrected chi connectivity index (χ1v) is 8.17. The molecule has 0 saturated heterocycles. The fourth-order valence-corrected chi connectivity index (χ4v) is 3.96. The molecular formula is C13H21N3O4S. The normalized spacial score (nSPS) is 11.9. The fraction of sp³-hybridized carbons (Fsp3) is 0.538. The van der Waals surface area contributed by atoms with Gasteiger partial charge >= 0.3 is 0 Å². The van der Waals surface area contributed by atoms with Crippen LogP contribution in [0.5, 0.6) is 0 Å². The number of nitrogens with zero attached hydrogens (tertiary/aromatic N) is 2. The highest BCUT2D eigenvalue weighted by molar-refractivity contribution is 7.89. The van der Waals surface area contributed by atoms with Crippen LogP contribution in [0, 0.1) is 10.1 Å². The van der Waals surface area contributed by atoms with Crippen molar-refractivity contribution >= 4 is 21.4 Å². The topological polar surface area (TPSA) is 92.5 Å². The largest absolute Gasteiger partial charge is 0.387 e. The Bertz CT molecular complexity index is 614. The van der Waals surface area contributed by atoms with Crippen LogP contribution in [-0.2, 0) is 10.0 Å². The van der Waals surface area contributed by atoms with Gasteiger partial charge in [0.05, 0.1) is 10.6 Å². The second kappa shape index (κ2) is 6.86. The number of hydrogen-bond donors (Lipinski definition) is 1. The van der Waals surface area contributed by atoms with Gasteiger partial charge in [-0.15, -0.1) is 0 Å². The second-order valence-electron chi connectivity index (χ2n) is 4.90. The molecule has 0 aliphatic carbocycles. The summed E-state index contributed by atoms with van der Waals surface area (Å²) in [5.74, 6) is 0. The maximum Gasteiger partial charge on any atom is 0.271 e. The van der Waals surface area contributed by atoms with E-state index in [9.17, 15) is 18.5 Å². The third kappa shape index (κ3) is 3.70. The minimum Gasteiger partial charge on any atom is -0.387 e. The summed E-state index contributed by atoms with van der Waals surface area (Å²) < 4.78 is 26.9. The predicted molar refractivity (Wildman–Crippen MR) is 82.0 cm³/mol. The lowest BCUT2D eigenvalue weighted by atomic mass is 10.3. The Labute approximate surface area is 125 Å².